The lowest BCUT2D eigenvalue weighted by Crippen LogP contribution is -2.19. The van der Waals surface area contributed by atoms with Gasteiger partial charge in [0, 0.05) is 29.0 Å². The molecule has 1 aliphatic heterocycles. The zero-order chi connectivity index (χ0) is 11.5. The Kier molecular flexibility index (Phi) is 4.10. The van der Waals surface area contributed by atoms with Crippen molar-refractivity contribution in [3.8, 4) is 0 Å². The molecule has 1 fully saturated rings. The van der Waals surface area contributed by atoms with Gasteiger partial charge in [0.05, 0.1) is 10.9 Å². The molecule has 0 radical (unpaired) electrons. The largest absolute Gasteiger partial charge is 0.325 e. The molecule has 0 aliphatic carbocycles. The van der Waals surface area contributed by atoms with E-state index < -0.39 is 0 Å². The lowest BCUT2D eigenvalue weighted by molar-refractivity contribution is 0.790. The Labute approximate surface area is 105 Å². The fourth-order valence-corrected chi connectivity index (χ4v) is 4.50. The van der Waals surface area contributed by atoms with Gasteiger partial charge in [0.1, 0.15) is 5.82 Å². The van der Waals surface area contributed by atoms with Crippen LogP contribution in [0.25, 0.3) is 0 Å². The zero-order valence-electron chi connectivity index (χ0n) is 9.64. The number of rotatable bonds is 2. The molecule has 2 heterocycles. The van der Waals surface area contributed by atoms with Crippen molar-refractivity contribution >= 4 is 23.5 Å². The highest BCUT2D eigenvalue weighted by atomic mass is 32.2. The summed E-state index contributed by atoms with van der Waals surface area (Å²) < 4.78 is 0. The third kappa shape index (κ3) is 2.70. The lowest BCUT2D eigenvalue weighted by Gasteiger charge is -2.26. The average molecular weight is 255 g/mol. The fraction of sp³-hybridized carbons (Fsp3) is 0.636. The molecule has 1 saturated heterocycles. The van der Waals surface area contributed by atoms with Crippen molar-refractivity contribution in [2.75, 3.05) is 11.5 Å². The van der Waals surface area contributed by atoms with Crippen molar-refractivity contribution in [2.24, 2.45) is 5.73 Å². The summed E-state index contributed by atoms with van der Waals surface area (Å²) in [5.41, 5.74) is 7.62. The molecule has 0 amide bonds. The average Bonchev–Trinajstić information content (AvgIpc) is 2.28. The van der Waals surface area contributed by atoms with Crippen LogP contribution in [0, 0.1) is 6.92 Å². The quantitative estimate of drug-likeness (QED) is 0.877. The van der Waals surface area contributed by atoms with Crippen LogP contribution in [0.2, 0.25) is 0 Å². The summed E-state index contributed by atoms with van der Waals surface area (Å²) in [5, 5.41) is 1.01. The normalized spacial score (nSPS) is 25.7. The molecule has 1 aromatic heterocycles. The topological polar surface area (TPSA) is 51.8 Å². The van der Waals surface area contributed by atoms with Gasteiger partial charge in [-0.05, 0) is 13.0 Å². The first-order valence-corrected chi connectivity index (χ1v) is 7.58. The second-order valence-electron chi connectivity index (χ2n) is 3.93. The smallest absolute Gasteiger partial charge is 0.142 e. The van der Waals surface area contributed by atoms with Crippen LogP contribution in [-0.4, -0.2) is 26.7 Å². The van der Waals surface area contributed by atoms with Crippen molar-refractivity contribution in [1.29, 1.82) is 0 Å². The summed E-state index contributed by atoms with van der Waals surface area (Å²) in [4.78, 5) is 9.11. The number of thioether (sulfide) groups is 2. The molecular formula is C11H17N3S2. The number of aryl methyl sites for hydroxylation is 1. The van der Waals surface area contributed by atoms with E-state index >= 15 is 0 Å². The Morgan fingerprint density at radius 2 is 2.12 bits per heavy atom. The fourth-order valence-electron chi connectivity index (χ4n) is 1.81. The van der Waals surface area contributed by atoms with E-state index in [2.05, 4.69) is 16.9 Å². The molecule has 16 heavy (non-hydrogen) atoms. The van der Waals surface area contributed by atoms with E-state index in [4.69, 9.17) is 5.73 Å². The monoisotopic (exact) mass is 255 g/mol. The van der Waals surface area contributed by atoms with Crippen LogP contribution in [0.3, 0.4) is 0 Å². The summed E-state index contributed by atoms with van der Waals surface area (Å²) in [6, 6.07) is 1.97. The first-order valence-electron chi connectivity index (χ1n) is 5.48. The minimum Gasteiger partial charge on any atom is -0.325 e. The second kappa shape index (κ2) is 5.38. The van der Waals surface area contributed by atoms with Gasteiger partial charge in [-0.15, -0.1) is 11.8 Å². The van der Waals surface area contributed by atoms with E-state index in [9.17, 15) is 0 Å². The molecule has 0 aromatic carbocycles. The van der Waals surface area contributed by atoms with E-state index in [-0.39, 0.29) is 0 Å². The van der Waals surface area contributed by atoms with Crippen LogP contribution in [0.15, 0.2) is 6.07 Å². The minimum absolute atomic E-state index is 0.420. The third-order valence-corrected chi connectivity index (χ3v) is 5.66. The molecule has 1 aromatic rings. The summed E-state index contributed by atoms with van der Waals surface area (Å²) in [6.07, 6.45) is 0. The van der Waals surface area contributed by atoms with Gasteiger partial charge in [-0.25, -0.2) is 9.97 Å². The molecule has 0 bridgehead atoms. The van der Waals surface area contributed by atoms with E-state index in [0.29, 0.717) is 17.0 Å². The van der Waals surface area contributed by atoms with Crippen LogP contribution >= 0.6 is 23.5 Å². The van der Waals surface area contributed by atoms with Gasteiger partial charge in [0.2, 0.25) is 0 Å². The zero-order valence-corrected chi connectivity index (χ0v) is 11.3. The van der Waals surface area contributed by atoms with Gasteiger partial charge in [-0.1, -0.05) is 6.92 Å². The van der Waals surface area contributed by atoms with Crippen molar-refractivity contribution in [2.45, 2.75) is 30.9 Å². The molecule has 2 rings (SSSR count). The molecule has 3 nitrogen and oxygen atoms in total. The van der Waals surface area contributed by atoms with Gasteiger partial charge in [-0.2, -0.15) is 11.8 Å². The lowest BCUT2D eigenvalue weighted by atomic mass is 10.2. The maximum atomic E-state index is 5.65. The second-order valence-corrected chi connectivity index (χ2v) is 6.66. The van der Waals surface area contributed by atoms with Crippen LogP contribution in [0.5, 0.6) is 0 Å². The Balaban J connectivity index is 2.27. The Morgan fingerprint density at radius 3 is 2.81 bits per heavy atom. The molecular weight excluding hydrogens is 238 g/mol. The van der Waals surface area contributed by atoms with E-state index in [0.717, 1.165) is 17.2 Å². The summed E-state index contributed by atoms with van der Waals surface area (Å²) >= 11 is 3.97. The number of aromatic nitrogens is 2. The molecule has 2 N–H and O–H groups in total. The number of nitrogens with two attached hydrogens (primary N) is 1. The number of nitrogens with zero attached hydrogens (tertiary/aromatic N) is 2. The standard InChI is InChI=1S/C11H17N3S2/c1-7-5-9(6-12)14-11(13-7)10-8(2)15-3-4-16-10/h5,8,10H,3-4,6,12H2,1-2H3. The van der Waals surface area contributed by atoms with Crippen molar-refractivity contribution in [3.05, 3.63) is 23.3 Å². The van der Waals surface area contributed by atoms with Crippen molar-refractivity contribution < 1.29 is 0 Å². The van der Waals surface area contributed by atoms with Gasteiger partial charge in [0.15, 0.2) is 0 Å². The highest BCUT2D eigenvalue weighted by molar-refractivity contribution is 8.06. The molecule has 1 aliphatic rings. The predicted molar refractivity (Wildman–Crippen MR) is 71.8 cm³/mol. The maximum absolute atomic E-state index is 5.65. The predicted octanol–water partition coefficient (Wildman–Crippen LogP) is 2.15. The Hall–Kier alpha value is -0.260. The summed E-state index contributed by atoms with van der Waals surface area (Å²) in [5.74, 6) is 3.39. The van der Waals surface area contributed by atoms with Crippen LogP contribution in [-0.2, 0) is 6.54 Å². The highest BCUT2D eigenvalue weighted by Gasteiger charge is 2.26. The highest BCUT2D eigenvalue weighted by Crippen LogP contribution is 2.40. The first kappa shape index (κ1) is 12.2. The first-order chi connectivity index (χ1) is 7.70. The van der Waals surface area contributed by atoms with Gasteiger partial charge in [-0.3, -0.25) is 0 Å². The summed E-state index contributed by atoms with van der Waals surface area (Å²) in [6.45, 7) is 4.76. The Morgan fingerprint density at radius 1 is 1.38 bits per heavy atom. The molecule has 5 heteroatoms. The third-order valence-electron chi connectivity index (χ3n) is 2.58. The minimum atomic E-state index is 0.420. The molecule has 0 saturated carbocycles. The van der Waals surface area contributed by atoms with Crippen LogP contribution < -0.4 is 5.73 Å². The molecule has 0 spiro atoms. The Bertz CT molecular complexity index is 370. The van der Waals surface area contributed by atoms with Crippen molar-refractivity contribution in [1.82, 2.24) is 9.97 Å². The van der Waals surface area contributed by atoms with E-state index in [1.165, 1.54) is 11.5 Å². The van der Waals surface area contributed by atoms with Crippen molar-refractivity contribution in [3.63, 3.8) is 0 Å². The molecule has 88 valence electrons. The number of hydrogen-bond donors (Lipinski definition) is 1. The van der Waals surface area contributed by atoms with E-state index in [1.54, 1.807) is 0 Å². The number of hydrogen-bond acceptors (Lipinski definition) is 5. The van der Waals surface area contributed by atoms with Gasteiger partial charge < -0.3 is 5.73 Å². The summed E-state index contributed by atoms with van der Waals surface area (Å²) in [7, 11) is 0. The molecule has 2 atom stereocenters. The SMILES string of the molecule is Cc1cc(CN)nc(C2SCCSC2C)n1. The van der Waals surface area contributed by atoms with E-state index in [1.807, 2.05) is 36.5 Å². The van der Waals surface area contributed by atoms with Gasteiger partial charge >= 0.3 is 0 Å². The molecule has 2 unspecified atom stereocenters. The van der Waals surface area contributed by atoms with Gasteiger partial charge in [0.25, 0.3) is 0 Å². The van der Waals surface area contributed by atoms with Crippen LogP contribution in [0.4, 0.5) is 0 Å². The maximum Gasteiger partial charge on any atom is 0.142 e. The van der Waals surface area contributed by atoms with Crippen LogP contribution in [0.1, 0.15) is 29.4 Å².